The highest BCUT2D eigenvalue weighted by atomic mass is 32.2. The Labute approximate surface area is 120 Å². The number of sulfonamides is 1. The first kappa shape index (κ1) is 15.4. The van der Waals surface area contributed by atoms with Gasteiger partial charge in [-0.1, -0.05) is 25.5 Å². The van der Waals surface area contributed by atoms with Crippen LogP contribution in [-0.4, -0.2) is 31.1 Å². The Morgan fingerprint density at radius 3 is 2.65 bits per heavy atom. The lowest BCUT2D eigenvalue weighted by molar-refractivity contribution is 0.385. The van der Waals surface area contributed by atoms with Crippen LogP contribution in [0.3, 0.4) is 0 Å². The van der Waals surface area contributed by atoms with Crippen LogP contribution in [-0.2, 0) is 16.4 Å². The number of hydrogen-bond donors (Lipinski definition) is 0. The minimum absolute atomic E-state index is 0.0299. The Hall–Kier alpha value is -0.940. The smallest absolute Gasteiger partial charge is 0.212 e. The molecule has 5 heteroatoms. The van der Waals surface area contributed by atoms with Gasteiger partial charge in [-0.05, 0) is 43.4 Å². The van der Waals surface area contributed by atoms with Crippen LogP contribution in [0.25, 0.3) is 0 Å². The zero-order chi connectivity index (χ0) is 14.6. The van der Waals surface area contributed by atoms with Gasteiger partial charge in [0.1, 0.15) is 5.82 Å². The molecule has 2 rings (SSSR count). The molecular formula is C15H22FNO2S. The molecule has 1 heterocycles. The van der Waals surface area contributed by atoms with E-state index in [9.17, 15) is 12.8 Å². The van der Waals surface area contributed by atoms with Crippen LogP contribution in [0.5, 0.6) is 0 Å². The van der Waals surface area contributed by atoms with Gasteiger partial charge in [0.15, 0.2) is 0 Å². The lowest BCUT2D eigenvalue weighted by atomic mass is 10.0. The van der Waals surface area contributed by atoms with Gasteiger partial charge in [-0.2, -0.15) is 4.31 Å². The minimum atomic E-state index is -3.14. The fraction of sp³-hybridized carbons (Fsp3) is 0.600. The summed E-state index contributed by atoms with van der Waals surface area (Å²) < 4.78 is 39.2. The first-order valence-electron chi connectivity index (χ1n) is 7.27. The standard InChI is InChI=1S/C15H22FNO2S/c1-2-3-11-20(18,19)17-10-4-5-15(17)12-13-6-8-14(16)9-7-13/h6-9,15H,2-5,10-12H2,1H3. The Bertz CT molecular complexity index is 527. The predicted molar refractivity (Wildman–Crippen MR) is 78.5 cm³/mol. The molecule has 0 aliphatic carbocycles. The van der Waals surface area contributed by atoms with Crippen molar-refractivity contribution in [2.75, 3.05) is 12.3 Å². The van der Waals surface area contributed by atoms with Gasteiger partial charge >= 0.3 is 0 Å². The van der Waals surface area contributed by atoms with Gasteiger partial charge in [-0.3, -0.25) is 0 Å². The molecule has 1 aliphatic heterocycles. The zero-order valence-corrected chi connectivity index (χ0v) is 12.7. The summed E-state index contributed by atoms with van der Waals surface area (Å²) in [5, 5.41) is 0. The van der Waals surface area contributed by atoms with Crippen molar-refractivity contribution in [2.45, 2.75) is 45.1 Å². The molecule has 1 saturated heterocycles. The first-order chi connectivity index (χ1) is 9.53. The van der Waals surface area contributed by atoms with E-state index in [2.05, 4.69) is 0 Å². The highest BCUT2D eigenvalue weighted by Gasteiger charge is 2.33. The van der Waals surface area contributed by atoms with Crippen LogP contribution in [0.1, 0.15) is 38.2 Å². The number of nitrogens with zero attached hydrogens (tertiary/aromatic N) is 1. The molecule has 1 aromatic carbocycles. The third-order valence-corrected chi connectivity index (χ3v) is 5.82. The fourth-order valence-corrected chi connectivity index (χ4v) is 4.65. The summed E-state index contributed by atoms with van der Waals surface area (Å²) in [5.41, 5.74) is 0.994. The van der Waals surface area contributed by atoms with Crippen LogP contribution in [0, 0.1) is 5.82 Å². The second-order valence-electron chi connectivity index (χ2n) is 5.41. The largest absolute Gasteiger partial charge is 0.214 e. The van der Waals surface area contributed by atoms with Gasteiger partial charge in [0.25, 0.3) is 0 Å². The molecular weight excluding hydrogens is 277 g/mol. The van der Waals surface area contributed by atoms with Crippen molar-refractivity contribution >= 4 is 10.0 Å². The maximum Gasteiger partial charge on any atom is 0.214 e. The Morgan fingerprint density at radius 1 is 1.30 bits per heavy atom. The van der Waals surface area contributed by atoms with E-state index in [1.807, 2.05) is 6.92 Å². The average Bonchev–Trinajstić information content (AvgIpc) is 2.88. The SMILES string of the molecule is CCCCS(=O)(=O)N1CCCC1Cc1ccc(F)cc1. The molecule has 0 radical (unpaired) electrons. The second kappa shape index (κ2) is 6.68. The van der Waals surface area contributed by atoms with Crippen LogP contribution in [0.15, 0.2) is 24.3 Å². The number of rotatable bonds is 6. The topological polar surface area (TPSA) is 37.4 Å². The van der Waals surface area contributed by atoms with E-state index >= 15 is 0 Å². The summed E-state index contributed by atoms with van der Waals surface area (Å²) in [6.07, 6.45) is 4.07. The van der Waals surface area contributed by atoms with Crippen molar-refractivity contribution in [1.29, 1.82) is 0 Å². The summed E-state index contributed by atoms with van der Waals surface area (Å²) >= 11 is 0. The lowest BCUT2D eigenvalue weighted by Gasteiger charge is -2.24. The van der Waals surface area contributed by atoms with Gasteiger partial charge in [0.2, 0.25) is 10.0 Å². The first-order valence-corrected chi connectivity index (χ1v) is 8.88. The van der Waals surface area contributed by atoms with Crippen LogP contribution in [0.4, 0.5) is 4.39 Å². The van der Waals surface area contributed by atoms with Gasteiger partial charge in [-0.15, -0.1) is 0 Å². The summed E-state index contributed by atoms with van der Waals surface area (Å²) in [7, 11) is -3.14. The molecule has 3 nitrogen and oxygen atoms in total. The van der Waals surface area contributed by atoms with Crippen LogP contribution < -0.4 is 0 Å². The average molecular weight is 299 g/mol. The molecule has 0 amide bonds. The minimum Gasteiger partial charge on any atom is -0.212 e. The lowest BCUT2D eigenvalue weighted by Crippen LogP contribution is -2.38. The number of unbranched alkanes of at least 4 members (excludes halogenated alkanes) is 1. The summed E-state index contributed by atoms with van der Waals surface area (Å²) in [4.78, 5) is 0. The molecule has 112 valence electrons. The Morgan fingerprint density at radius 2 is 2.00 bits per heavy atom. The molecule has 0 bridgehead atoms. The predicted octanol–water partition coefficient (Wildman–Crippen LogP) is 2.96. The molecule has 1 aromatic rings. The van der Waals surface area contributed by atoms with E-state index in [1.54, 1.807) is 16.4 Å². The highest BCUT2D eigenvalue weighted by Crippen LogP contribution is 2.25. The molecule has 1 unspecified atom stereocenters. The van der Waals surface area contributed by atoms with Gasteiger partial charge in [-0.25, -0.2) is 12.8 Å². The summed E-state index contributed by atoms with van der Waals surface area (Å²) in [5.74, 6) is -0.0174. The molecule has 0 N–H and O–H groups in total. The van der Waals surface area contributed by atoms with Crippen molar-refractivity contribution in [2.24, 2.45) is 0 Å². The van der Waals surface area contributed by atoms with Gasteiger partial charge in [0.05, 0.1) is 5.75 Å². The van der Waals surface area contributed by atoms with E-state index in [0.717, 1.165) is 24.8 Å². The van der Waals surface area contributed by atoms with E-state index < -0.39 is 10.0 Å². The molecule has 1 fully saturated rings. The van der Waals surface area contributed by atoms with Crippen LogP contribution in [0.2, 0.25) is 0 Å². The van der Waals surface area contributed by atoms with Crippen molar-refractivity contribution in [3.05, 3.63) is 35.6 Å². The van der Waals surface area contributed by atoms with Crippen molar-refractivity contribution in [3.63, 3.8) is 0 Å². The normalized spacial score (nSPS) is 20.4. The quantitative estimate of drug-likeness (QED) is 0.810. The number of hydrogen-bond acceptors (Lipinski definition) is 2. The Balaban J connectivity index is 2.05. The molecule has 0 saturated carbocycles. The van der Waals surface area contributed by atoms with E-state index in [4.69, 9.17) is 0 Å². The van der Waals surface area contributed by atoms with Gasteiger partial charge < -0.3 is 0 Å². The molecule has 0 aromatic heterocycles. The molecule has 0 spiro atoms. The molecule has 20 heavy (non-hydrogen) atoms. The monoisotopic (exact) mass is 299 g/mol. The summed E-state index contributed by atoms with van der Waals surface area (Å²) in [6, 6.07) is 6.37. The van der Waals surface area contributed by atoms with E-state index in [0.29, 0.717) is 19.4 Å². The van der Waals surface area contributed by atoms with E-state index in [-0.39, 0.29) is 17.6 Å². The van der Waals surface area contributed by atoms with Crippen molar-refractivity contribution < 1.29 is 12.8 Å². The molecule has 1 atom stereocenters. The Kier molecular flexibility index (Phi) is 5.16. The third-order valence-electron chi connectivity index (χ3n) is 3.82. The summed E-state index contributed by atoms with van der Waals surface area (Å²) in [6.45, 7) is 2.62. The van der Waals surface area contributed by atoms with Crippen molar-refractivity contribution in [3.8, 4) is 0 Å². The zero-order valence-electron chi connectivity index (χ0n) is 11.9. The highest BCUT2D eigenvalue weighted by molar-refractivity contribution is 7.89. The number of halogens is 1. The maximum absolute atomic E-state index is 12.9. The van der Waals surface area contributed by atoms with Crippen LogP contribution >= 0.6 is 0 Å². The third kappa shape index (κ3) is 3.79. The second-order valence-corrected chi connectivity index (χ2v) is 7.45. The van der Waals surface area contributed by atoms with E-state index in [1.165, 1.54) is 12.1 Å². The molecule has 1 aliphatic rings. The fourth-order valence-electron chi connectivity index (χ4n) is 2.72. The van der Waals surface area contributed by atoms with Gasteiger partial charge in [0, 0.05) is 12.6 Å². The maximum atomic E-state index is 12.9. The van der Waals surface area contributed by atoms with Crippen molar-refractivity contribution in [1.82, 2.24) is 4.31 Å². The number of benzene rings is 1.